The van der Waals surface area contributed by atoms with Crippen LogP contribution < -0.4 is 32.2 Å². The molecule has 164 valence electrons. The number of aryl methyl sites for hydroxylation is 1. The van der Waals surface area contributed by atoms with Crippen molar-refractivity contribution >= 4 is 33.5 Å². The number of hydrogen-bond donors (Lipinski definition) is 2. The van der Waals surface area contributed by atoms with Crippen molar-refractivity contribution < 1.29 is 21.5 Å². The summed E-state index contributed by atoms with van der Waals surface area (Å²) in [5, 5.41) is 19.2. The highest BCUT2D eigenvalue weighted by molar-refractivity contribution is 7.12. The lowest BCUT2D eigenvalue weighted by Crippen LogP contribution is -3.00. The second kappa shape index (κ2) is 11.5. The van der Waals surface area contributed by atoms with Crippen LogP contribution in [0.15, 0.2) is 94.5 Å². The molecule has 0 fully saturated rings. The van der Waals surface area contributed by atoms with Crippen LogP contribution in [0.4, 0.5) is 22.2 Å². The standard InChI is InChI=1S/C25H25N5S.BrH/c1-19-18-31-25(30(19)2)29-28-23-15-9-14-22(26-16-20-10-5-3-6-11-20)24(23)27-17-21-12-7-4-8-13-21;/h3-15,18H,16-17H2,1-2H3,(H,26,28);1H. The van der Waals surface area contributed by atoms with Crippen LogP contribution in [0.2, 0.25) is 0 Å². The molecule has 0 aliphatic rings. The van der Waals surface area contributed by atoms with E-state index >= 15 is 0 Å². The van der Waals surface area contributed by atoms with Gasteiger partial charge in [0.25, 0.3) is 0 Å². The molecular weight excluding hydrogens is 482 g/mol. The van der Waals surface area contributed by atoms with E-state index in [0.717, 1.165) is 28.7 Å². The van der Waals surface area contributed by atoms with Crippen molar-refractivity contribution in [2.45, 2.75) is 20.0 Å². The SMILES string of the molecule is Cc1csc(N=Nc2cccc(NCc3ccccc3)c2NCc2ccccc2)[n+]1C.[Br-]. The number of anilines is 2. The summed E-state index contributed by atoms with van der Waals surface area (Å²) in [6.45, 7) is 3.51. The monoisotopic (exact) mass is 507 g/mol. The van der Waals surface area contributed by atoms with Crippen molar-refractivity contribution in [3.05, 3.63) is 101 Å². The predicted octanol–water partition coefficient (Wildman–Crippen LogP) is 3.52. The van der Waals surface area contributed by atoms with Gasteiger partial charge < -0.3 is 27.6 Å². The quantitative estimate of drug-likeness (QED) is 0.283. The van der Waals surface area contributed by atoms with Gasteiger partial charge in [0.1, 0.15) is 11.4 Å². The summed E-state index contributed by atoms with van der Waals surface area (Å²) in [6, 6.07) is 26.8. The first kappa shape index (κ1) is 23.6. The Morgan fingerprint density at radius 3 is 2.00 bits per heavy atom. The Morgan fingerprint density at radius 2 is 1.41 bits per heavy atom. The van der Waals surface area contributed by atoms with E-state index in [0.29, 0.717) is 6.54 Å². The molecule has 0 saturated heterocycles. The van der Waals surface area contributed by atoms with E-state index < -0.39 is 0 Å². The van der Waals surface area contributed by atoms with Crippen molar-refractivity contribution in [3.8, 4) is 0 Å². The van der Waals surface area contributed by atoms with Crippen molar-refractivity contribution in [3.63, 3.8) is 0 Å². The van der Waals surface area contributed by atoms with Gasteiger partial charge in [-0.15, -0.1) is 0 Å². The second-order valence-corrected chi connectivity index (χ2v) is 8.13. The van der Waals surface area contributed by atoms with Gasteiger partial charge in [-0.25, -0.2) is 4.57 Å². The number of thiazole rings is 1. The number of benzene rings is 3. The molecule has 4 aromatic rings. The number of rotatable bonds is 8. The molecule has 1 aromatic heterocycles. The molecule has 2 N–H and O–H groups in total. The van der Waals surface area contributed by atoms with Gasteiger partial charge in [-0.3, -0.25) is 0 Å². The molecule has 0 saturated carbocycles. The summed E-state index contributed by atoms with van der Waals surface area (Å²) in [6.07, 6.45) is 0. The van der Waals surface area contributed by atoms with Gasteiger partial charge in [-0.2, -0.15) is 0 Å². The first-order valence-electron chi connectivity index (χ1n) is 10.2. The predicted molar refractivity (Wildman–Crippen MR) is 128 cm³/mol. The molecule has 32 heavy (non-hydrogen) atoms. The fraction of sp³-hybridized carbons (Fsp3) is 0.160. The lowest BCUT2D eigenvalue weighted by Gasteiger charge is -2.15. The minimum absolute atomic E-state index is 0. The number of nitrogens with zero attached hydrogens (tertiary/aromatic N) is 3. The molecule has 1 heterocycles. The largest absolute Gasteiger partial charge is 1.00 e. The van der Waals surface area contributed by atoms with Crippen LogP contribution >= 0.6 is 11.3 Å². The van der Waals surface area contributed by atoms with Crippen LogP contribution in [0, 0.1) is 6.92 Å². The first-order valence-corrected chi connectivity index (χ1v) is 11.1. The van der Waals surface area contributed by atoms with Gasteiger partial charge in [0.15, 0.2) is 0 Å². The minimum atomic E-state index is 0. The topological polar surface area (TPSA) is 52.7 Å². The Bertz CT molecular complexity index is 1160. The highest BCUT2D eigenvalue weighted by Gasteiger charge is 2.14. The minimum Gasteiger partial charge on any atom is -1.00 e. The average molecular weight is 508 g/mol. The summed E-state index contributed by atoms with van der Waals surface area (Å²) in [4.78, 5) is 0. The third kappa shape index (κ3) is 6.02. The lowest BCUT2D eigenvalue weighted by atomic mass is 10.1. The van der Waals surface area contributed by atoms with Crippen LogP contribution in [0.3, 0.4) is 0 Å². The maximum absolute atomic E-state index is 4.59. The van der Waals surface area contributed by atoms with Gasteiger partial charge >= 0.3 is 5.13 Å². The van der Waals surface area contributed by atoms with Crippen molar-refractivity contribution in [2.75, 3.05) is 10.6 Å². The maximum Gasteiger partial charge on any atom is 0.408 e. The summed E-state index contributed by atoms with van der Waals surface area (Å²) in [5.41, 5.74) is 6.36. The van der Waals surface area contributed by atoms with Crippen LogP contribution in [-0.4, -0.2) is 0 Å². The fourth-order valence-corrected chi connectivity index (χ4v) is 3.99. The molecule has 3 aromatic carbocycles. The molecule has 0 bridgehead atoms. The average Bonchev–Trinajstić information content (AvgIpc) is 3.14. The van der Waals surface area contributed by atoms with E-state index in [1.54, 1.807) is 11.3 Å². The zero-order valence-corrected chi connectivity index (χ0v) is 20.5. The summed E-state index contributed by atoms with van der Waals surface area (Å²) in [5.74, 6) is 0. The number of aromatic nitrogens is 1. The molecule has 0 radical (unpaired) electrons. The summed E-state index contributed by atoms with van der Waals surface area (Å²) >= 11 is 1.59. The number of hydrogen-bond acceptors (Lipinski definition) is 5. The van der Waals surface area contributed by atoms with E-state index in [9.17, 15) is 0 Å². The highest BCUT2D eigenvalue weighted by Crippen LogP contribution is 2.35. The Kier molecular flexibility index (Phi) is 8.53. The highest BCUT2D eigenvalue weighted by atomic mass is 79.9. The second-order valence-electron chi connectivity index (χ2n) is 7.30. The Balaban J connectivity index is 0.00000289. The van der Waals surface area contributed by atoms with Gasteiger partial charge in [0.05, 0.1) is 23.5 Å². The molecule has 0 spiro atoms. The molecule has 0 unspecified atom stereocenters. The van der Waals surface area contributed by atoms with E-state index in [2.05, 4.69) is 87.8 Å². The van der Waals surface area contributed by atoms with Crippen molar-refractivity contribution in [2.24, 2.45) is 17.3 Å². The third-order valence-corrected chi connectivity index (χ3v) is 6.10. The maximum atomic E-state index is 4.59. The van der Waals surface area contributed by atoms with Crippen molar-refractivity contribution in [1.29, 1.82) is 0 Å². The first-order chi connectivity index (χ1) is 15.2. The van der Waals surface area contributed by atoms with E-state index in [1.807, 2.05) is 35.9 Å². The number of nitrogens with one attached hydrogen (secondary N) is 2. The van der Waals surface area contributed by atoms with Crippen LogP contribution in [-0.2, 0) is 20.1 Å². The molecule has 0 atom stereocenters. The van der Waals surface area contributed by atoms with Crippen LogP contribution in [0.5, 0.6) is 0 Å². The third-order valence-electron chi connectivity index (χ3n) is 5.07. The zero-order chi connectivity index (χ0) is 21.5. The van der Waals surface area contributed by atoms with Gasteiger partial charge in [-0.05, 0) is 46.6 Å². The van der Waals surface area contributed by atoms with E-state index in [4.69, 9.17) is 0 Å². The summed E-state index contributed by atoms with van der Waals surface area (Å²) in [7, 11) is 2.01. The number of para-hydroxylation sites is 1. The fourth-order valence-electron chi connectivity index (χ4n) is 3.17. The smallest absolute Gasteiger partial charge is 0.408 e. The molecule has 0 aliphatic carbocycles. The number of halogens is 1. The van der Waals surface area contributed by atoms with E-state index in [-0.39, 0.29) is 17.0 Å². The molecular formula is C25H26BrN5S. The van der Waals surface area contributed by atoms with Gasteiger partial charge in [0, 0.05) is 18.5 Å². The Labute approximate surface area is 203 Å². The van der Waals surface area contributed by atoms with Crippen LogP contribution in [0.25, 0.3) is 0 Å². The Hall–Kier alpha value is -3.03. The number of azo groups is 1. The normalized spacial score (nSPS) is 10.7. The lowest BCUT2D eigenvalue weighted by molar-refractivity contribution is -0.660. The molecule has 0 aliphatic heterocycles. The summed E-state index contributed by atoms with van der Waals surface area (Å²) < 4.78 is 2.04. The van der Waals surface area contributed by atoms with Crippen LogP contribution in [0.1, 0.15) is 16.8 Å². The van der Waals surface area contributed by atoms with Gasteiger partial charge in [-0.1, -0.05) is 66.7 Å². The van der Waals surface area contributed by atoms with E-state index in [1.165, 1.54) is 16.8 Å². The molecule has 5 nitrogen and oxygen atoms in total. The zero-order valence-electron chi connectivity index (χ0n) is 18.1. The molecule has 7 heteroatoms. The van der Waals surface area contributed by atoms with Gasteiger partial charge in [0.2, 0.25) is 0 Å². The van der Waals surface area contributed by atoms with Crippen molar-refractivity contribution in [1.82, 2.24) is 0 Å². The molecule has 0 amide bonds. The Morgan fingerprint density at radius 1 is 0.781 bits per heavy atom. The molecule has 4 rings (SSSR count).